The van der Waals surface area contributed by atoms with E-state index in [0.29, 0.717) is 23.2 Å². The first-order chi connectivity index (χ1) is 15.5. The number of anilines is 1. The smallest absolute Gasteiger partial charge is 0.272 e. The Morgan fingerprint density at radius 3 is 2.72 bits per heavy atom. The van der Waals surface area contributed by atoms with E-state index in [1.807, 2.05) is 49.4 Å². The number of benzene rings is 2. The monoisotopic (exact) mass is 429 g/mol. The number of aryl methyl sites for hydroxylation is 3. The summed E-state index contributed by atoms with van der Waals surface area (Å²) in [7, 11) is 0. The van der Waals surface area contributed by atoms with E-state index in [9.17, 15) is 9.59 Å². The Labute approximate surface area is 186 Å². The van der Waals surface area contributed by atoms with E-state index in [4.69, 9.17) is 0 Å². The van der Waals surface area contributed by atoms with Gasteiger partial charge in [-0.25, -0.2) is 10.1 Å². The minimum Gasteiger partial charge on any atom is -0.335 e. The molecule has 1 amide bonds. The molecule has 0 aliphatic carbocycles. The van der Waals surface area contributed by atoms with Crippen LogP contribution in [0.25, 0.3) is 22.0 Å². The number of aromatic nitrogens is 4. The fraction of sp³-hybridized carbons (Fsp3) is 0.280. The molecule has 0 aliphatic heterocycles. The first-order valence-corrected chi connectivity index (χ1v) is 11.0. The van der Waals surface area contributed by atoms with Crippen molar-refractivity contribution in [2.45, 2.75) is 46.1 Å². The lowest BCUT2D eigenvalue weighted by molar-refractivity contribution is -0.116. The maximum atomic E-state index is 12.5. The minimum absolute atomic E-state index is 0.0148. The number of amides is 1. The number of H-pyrrole nitrogens is 1. The van der Waals surface area contributed by atoms with Gasteiger partial charge < -0.3 is 9.88 Å². The zero-order valence-electron chi connectivity index (χ0n) is 18.4. The molecular formula is C25H27N5O2. The summed E-state index contributed by atoms with van der Waals surface area (Å²) in [5, 5.41) is 11.2. The minimum atomic E-state index is -0.217. The molecule has 7 heteroatoms. The summed E-state index contributed by atoms with van der Waals surface area (Å²) in [5.74, 6) is 1.08. The highest BCUT2D eigenvalue weighted by Crippen LogP contribution is 2.26. The highest BCUT2D eigenvalue weighted by molar-refractivity contribution is 5.95. The van der Waals surface area contributed by atoms with Gasteiger partial charge in [-0.05, 0) is 38.0 Å². The number of fused-ring (bicyclic) bond motifs is 1. The van der Waals surface area contributed by atoms with Crippen molar-refractivity contribution >= 4 is 22.4 Å². The molecule has 32 heavy (non-hydrogen) atoms. The molecule has 0 fully saturated rings. The number of carbonyl (C=O) groups excluding carboxylic acids is 1. The van der Waals surface area contributed by atoms with Crippen LogP contribution in [0.1, 0.15) is 37.7 Å². The van der Waals surface area contributed by atoms with Crippen LogP contribution in [0.4, 0.5) is 5.69 Å². The first kappa shape index (κ1) is 21.5. The second-order valence-corrected chi connectivity index (χ2v) is 7.88. The summed E-state index contributed by atoms with van der Waals surface area (Å²) in [4.78, 5) is 29.0. The zero-order valence-corrected chi connectivity index (χ0v) is 18.4. The van der Waals surface area contributed by atoms with Gasteiger partial charge in [-0.3, -0.25) is 9.59 Å². The van der Waals surface area contributed by atoms with Crippen LogP contribution in [0.2, 0.25) is 0 Å². The Morgan fingerprint density at radius 1 is 1.09 bits per heavy atom. The molecule has 2 aromatic heterocycles. The highest BCUT2D eigenvalue weighted by Gasteiger charge is 2.10. The normalized spacial score (nSPS) is 11.1. The van der Waals surface area contributed by atoms with Crippen molar-refractivity contribution in [1.82, 2.24) is 19.7 Å². The second-order valence-electron chi connectivity index (χ2n) is 7.88. The Balaban J connectivity index is 1.38. The van der Waals surface area contributed by atoms with Crippen molar-refractivity contribution in [2.24, 2.45) is 0 Å². The molecule has 0 spiro atoms. The second kappa shape index (κ2) is 9.60. The van der Waals surface area contributed by atoms with E-state index in [1.54, 1.807) is 6.07 Å². The fourth-order valence-electron chi connectivity index (χ4n) is 3.94. The maximum absolute atomic E-state index is 12.5. The average molecular weight is 430 g/mol. The third kappa shape index (κ3) is 4.77. The zero-order chi connectivity index (χ0) is 22.5. The topological polar surface area (TPSA) is 92.7 Å². The third-order valence-corrected chi connectivity index (χ3v) is 5.46. The Kier molecular flexibility index (Phi) is 6.44. The van der Waals surface area contributed by atoms with Crippen LogP contribution >= 0.6 is 0 Å². The van der Waals surface area contributed by atoms with Gasteiger partial charge in [0.15, 0.2) is 0 Å². The number of rotatable bonds is 8. The molecule has 4 rings (SSSR count). The largest absolute Gasteiger partial charge is 0.335 e. The van der Waals surface area contributed by atoms with Crippen molar-refractivity contribution in [3.8, 4) is 11.3 Å². The number of aromatic amines is 1. The van der Waals surface area contributed by atoms with Gasteiger partial charge in [-0.2, -0.15) is 5.10 Å². The first-order valence-electron chi connectivity index (χ1n) is 11.0. The molecule has 2 N–H and O–H groups in total. The molecule has 0 radical (unpaired) electrons. The number of hydrogen-bond acceptors (Lipinski definition) is 4. The Morgan fingerprint density at radius 2 is 1.91 bits per heavy atom. The number of unbranched alkanes of at least 4 members (excludes halogenated alkanes) is 1. The Hall–Kier alpha value is -3.74. The van der Waals surface area contributed by atoms with Gasteiger partial charge in [0, 0.05) is 42.2 Å². The van der Waals surface area contributed by atoms with Crippen LogP contribution in [0.15, 0.2) is 59.5 Å². The number of carbonyl (C=O) groups is 1. The van der Waals surface area contributed by atoms with E-state index in [1.165, 1.54) is 0 Å². The lowest BCUT2D eigenvalue weighted by atomic mass is 10.0. The van der Waals surface area contributed by atoms with E-state index in [2.05, 4.69) is 38.2 Å². The molecule has 2 aromatic carbocycles. The number of nitrogens with one attached hydrogen (secondary N) is 2. The van der Waals surface area contributed by atoms with Crippen LogP contribution in [-0.2, 0) is 17.8 Å². The van der Waals surface area contributed by atoms with E-state index in [-0.39, 0.29) is 11.5 Å². The molecule has 0 aliphatic rings. The molecule has 7 nitrogen and oxygen atoms in total. The molecular weight excluding hydrogens is 402 g/mol. The standard InChI is InChI=1S/C25H27N5O2/c1-3-22-26-17(2)16-30(22)14-7-6-13-23(31)27-19-10-8-9-18(15-19)24-20-11-4-5-12-21(20)25(32)29-28-24/h4-5,8-12,15-16H,3,6-7,13-14H2,1-2H3,(H,27,31)(H,29,32). The predicted molar refractivity (Wildman–Crippen MR) is 127 cm³/mol. The van der Waals surface area contributed by atoms with Gasteiger partial charge >= 0.3 is 0 Å². The summed E-state index contributed by atoms with van der Waals surface area (Å²) >= 11 is 0. The molecule has 2 heterocycles. The highest BCUT2D eigenvalue weighted by atomic mass is 16.1. The van der Waals surface area contributed by atoms with Crippen molar-refractivity contribution in [3.63, 3.8) is 0 Å². The van der Waals surface area contributed by atoms with E-state index < -0.39 is 0 Å². The summed E-state index contributed by atoms with van der Waals surface area (Å²) in [6.07, 6.45) is 5.16. The molecule has 4 aromatic rings. The molecule has 0 unspecified atom stereocenters. The number of imidazole rings is 1. The van der Waals surface area contributed by atoms with E-state index >= 15 is 0 Å². The van der Waals surface area contributed by atoms with Gasteiger partial charge in [-0.15, -0.1) is 0 Å². The molecule has 0 bridgehead atoms. The van der Waals surface area contributed by atoms with E-state index in [0.717, 1.165) is 48.3 Å². The van der Waals surface area contributed by atoms with Gasteiger partial charge in [0.05, 0.1) is 16.8 Å². The van der Waals surface area contributed by atoms with Gasteiger partial charge in [-0.1, -0.05) is 37.3 Å². The SMILES string of the molecule is CCc1nc(C)cn1CCCCC(=O)Nc1cccc(-c2n[nH]c(=O)c3ccccc23)c1. The van der Waals surface area contributed by atoms with Gasteiger partial charge in [0.2, 0.25) is 5.91 Å². The molecule has 0 saturated heterocycles. The molecule has 0 atom stereocenters. The number of hydrogen-bond donors (Lipinski definition) is 2. The third-order valence-electron chi connectivity index (χ3n) is 5.46. The summed E-state index contributed by atoms with van der Waals surface area (Å²) in [6, 6.07) is 14.9. The van der Waals surface area contributed by atoms with Crippen LogP contribution in [0.5, 0.6) is 0 Å². The van der Waals surface area contributed by atoms with Crippen molar-refractivity contribution in [2.75, 3.05) is 5.32 Å². The van der Waals surface area contributed by atoms with Gasteiger partial charge in [0.1, 0.15) is 5.82 Å². The maximum Gasteiger partial charge on any atom is 0.272 e. The lowest BCUT2D eigenvalue weighted by Crippen LogP contribution is -2.12. The van der Waals surface area contributed by atoms with Gasteiger partial charge in [0.25, 0.3) is 5.56 Å². The van der Waals surface area contributed by atoms with Crippen LogP contribution < -0.4 is 10.9 Å². The van der Waals surface area contributed by atoms with Crippen LogP contribution in [0.3, 0.4) is 0 Å². The van der Waals surface area contributed by atoms with Crippen LogP contribution in [0, 0.1) is 6.92 Å². The Bertz CT molecular complexity index is 1310. The fourth-order valence-corrected chi connectivity index (χ4v) is 3.94. The quantitative estimate of drug-likeness (QED) is 0.404. The van der Waals surface area contributed by atoms with Crippen molar-refractivity contribution in [3.05, 3.63) is 76.6 Å². The summed E-state index contributed by atoms with van der Waals surface area (Å²) in [6.45, 7) is 4.98. The summed E-state index contributed by atoms with van der Waals surface area (Å²) in [5.41, 5.74) is 3.04. The van der Waals surface area contributed by atoms with Crippen molar-refractivity contribution in [1.29, 1.82) is 0 Å². The molecule has 0 saturated carbocycles. The predicted octanol–water partition coefficient (Wildman–Crippen LogP) is 4.47. The number of nitrogens with zero attached hydrogens (tertiary/aromatic N) is 3. The summed E-state index contributed by atoms with van der Waals surface area (Å²) < 4.78 is 2.18. The molecule has 164 valence electrons. The average Bonchev–Trinajstić information content (AvgIpc) is 3.17. The lowest BCUT2D eigenvalue weighted by Gasteiger charge is -2.09. The van der Waals surface area contributed by atoms with Crippen LogP contribution in [-0.4, -0.2) is 25.7 Å². The van der Waals surface area contributed by atoms with Crippen molar-refractivity contribution < 1.29 is 4.79 Å².